The zero-order valence-corrected chi connectivity index (χ0v) is 11.5. The smallest absolute Gasteiger partial charge is 0.283 e. The molecular formula is C13H19N3O3. The van der Waals surface area contributed by atoms with Crippen molar-refractivity contribution in [2.24, 2.45) is 0 Å². The fourth-order valence-electron chi connectivity index (χ4n) is 2.39. The number of aromatic nitrogens is 1. The minimum Gasteiger partial charge on any atom is -0.507 e. The lowest BCUT2D eigenvalue weighted by molar-refractivity contribution is 0.101. The van der Waals surface area contributed by atoms with E-state index in [1.165, 1.54) is 17.7 Å². The summed E-state index contributed by atoms with van der Waals surface area (Å²) in [5.74, 6) is -0.647. The molecule has 6 heteroatoms. The largest absolute Gasteiger partial charge is 0.507 e. The van der Waals surface area contributed by atoms with Crippen molar-refractivity contribution in [1.29, 1.82) is 0 Å². The van der Waals surface area contributed by atoms with Crippen LogP contribution in [0.25, 0.3) is 0 Å². The Kier molecular flexibility index (Phi) is 3.61. The van der Waals surface area contributed by atoms with E-state index in [4.69, 9.17) is 0 Å². The zero-order valence-electron chi connectivity index (χ0n) is 11.5. The highest BCUT2D eigenvalue weighted by molar-refractivity contribution is 5.96. The molecule has 1 N–H and O–H groups in total. The Morgan fingerprint density at radius 2 is 1.84 bits per heavy atom. The van der Waals surface area contributed by atoms with Crippen molar-refractivity contribution in [3.8, 4) is 5.75 Å². The molecule has 0 spiro atoms. The van der Waals surface area contributed by atoms with Crippen LogP contribution in [0.3, 0.4) is 0 Å². The van der Waals surface area contributed by atoms with Crippen molar-refractivity contribution in [3.63, 3.8) is 0 Å². The van der Waals surface area contributed by atoms with E-state index in [2.05, 4.69) is 4.90 Å². The maximum absolute atomic E-state index is 12.4. The Hall–Kier alpha value is -1.82. The number of carbonyl (C=O) groups is 1. The van der Waals surface area contributed by atoms with Crippen molar-refractivity contribution in [2.75, 3.05) is 38.2 Å². The number of ketones is 1. The number of rotatable bonds is 2. The molecule has 0 aliphatic carbocycles. The third-order valence-corrected chi connectivity index (χ3v) is 3.46. The van der Waals surface area contributed by atoms with E-state index in [0.29, 0.717) is 5.69 Å². The van der Waals surface area contributed by atoms with Gasteiger partial charge >= 0.3 is 0 Å². The van der Waals surface area contributed by atoms with Crippen LogP contribution < -0.4 is 10.6 Å². The number of nitrogens with zero attached hydrogens (tertiary/aromatic N) is 3. The Morgan fingerprint density at radius 3 is 2.37 bits per heavy atom. The summed E-state index contributed by atoms with van der Waals surface area (Å²) in [5.41, 5.74) is 0.0659. The van der Waals surface area contributed by atoms with Crippen LogP contribution in [0.5, 0.6) is 5.75 Å². The van der Waals surface area contributed by atoms with E-state index in [1.54, 1.807) is 6.92 Å². The molecule has 0 bridgehead atoms. The third kappa shape index (κ3) is 2.49. The number of piperazine rings is 1. The summed E-state index contributed by atoms with van der Waals surface area (Å²) in [4.78, 5) is 26.0. The second-order valence-electron chi connectivity index (χ2n) is 4.98. The molecule has 0 aromatic carbocycles. The molecule has 0 atom stereocenters. The quantitative estimate of drug-likeness (QED) is 0.759. The molecule has 19 heavy (non-hydrogen) atoms. The van der Waals surface area contributed by atoms with Gasteiger partial charge in [-0.05, 0) is 20.9 Å². The molecule has 2 rings (SSSR count). The zero-order chi connectivity index (χ0) is 14.2. The minimum atomic E-state index is -0.436. The van der Waals surface area contributed by atoms with Crippen molar-refractivity contribution < 1.29 is 9.90 Å². The van der Waals surface area contributed by atoms with E-state index in [0.717, 1.165) is 26.2 Å². The van der Waals surface area contributed by atoms with Gasteiger partial charge in [-0.2, -0.15) is 0 Å². The van der Waals surface area contributed by atoms with Gasteiger partial charge in [-0.25, -0.2) is 4.68 Å². The van der Waals surface area contributed by atoms with Gasteiger partial charge in [-0.1, -0.05) is 0 Å². The highest BCUT2D eigenvalue weighted by atomic mass is 16.3. The van der Waals surface area contributed by atoms with Crippen LogP contribution in [0.1, 0.15) is 23.0 Å². The highest BCUT2D eigenvalue weighted by Crippen LogP contribution is 2.15. The lowest BCUT2D eigenvalue weighted by Gasteiger charge is -2.35. The average molecular weight is 265 g/mol. The minimum absolute atomic E-state index is 0.135. The van der Waals surface area contributed by atoms with Crippen LogP contribution in [0, 0.1) is 6.92 Å². The lowest BCUT2D eigenvalue weighted by Crippen LogP contribution is -2.54. The van der Waals surface area contributed by atoms with Crippen LogP contribution >= 0.6 is 0 Å². The van der Waals surface area contributed by atoms with E-state index >= 15 is 0 Å². The SMILES string of the molecule is CC(=O)c1c(O)cc(C)n(N2CCN(C)CC2)c1=O. The molecule has 0 unspecified atom stereocenters. The van der Waals surface area contributed by atoms with Gasteiger partial charge in [0.15, 0.2) is 5.78 Å². The molecule has 1 aliphatic heterocycles. The highest BCUT2D eigenvalue weighted by Gasteiger charge is 2.21. The van der Waals surface area contributed by atoms with Gasteiger partial charge in [-0.15, -0.1) is 0 Å². The van der Waals surface area contributed by atoms with Crippen LogP contribution in [0.4, 0.5) is 0 Å². The van der Waals surface area contributed by atoms with Crippen molar-refractivity contribution in [3.05, 3.63) is 27.7 Å². The standard InChI is InChI=1S/C13H19N3O3/c1-9-8-11(18)12(10(2)17)13(19)16(9)15-6-4-14(3)5-7-15/h8,18H,4-7H2,1-3H3. The first-order chi connectivity index (χ1) is 8.91. The number of hydrogen-bond acceptors (Lipinski definition) is 5. The van der Waals surface area contributed by atoms with Gasteiger partial charge in [-0.3, -0.25) is 9.59 Å². The normalized spacial score (nSPS) is 16.7. The van der Waals surface area contributed by atoms with E-state index in [1.807, 2.05) is 12.1 Å². The second kappa shape index (κ2) is 5.05. The van der Waals surface area contributed by atoms with Crippen LogP contribution in [-0.4, -0.2) is 53.7 Å². The fraction of sp³-hybridized carbons (Fsp3) is 0.538. The first kappa shape index (κ1) is 13.6. The average Bonchev–Trinajstić information content (AvgIpc) is 2.30. The summed E-state index contributed by atoms with van der Waals surface area (Å²) in [6.45, 7) is 6.21. The summed E-state index contributed by atoms with van der Waals surface area (Å²) in [5, 5.41) is 11.7. The molecule has 0 saturated carbocycles. The number of Topliss-reactive ketones (excluding diaryl/α,β-unsaturated/α-hetero) is 1. The predicted molar refractivity (Wildman–Crippen MR) is 72.6 cm³/mol. The topological polar surface area (TPSA) is 65.8 Å². The van der Waals surface area contributed by atoms with Gasteiger partial charge in [0.1, 0.15) is 11.3 Å². The van der Waals surface area contributed by atoms with Crippen molar-refractivity contribution >= 4 is 5.78 Å². The molecule has 1 saturated heterocycles. The fourth-order valence-corrected chi connectivity index (χ4v) is 2.39. The molecule has 6 nitrogen and oxygen atoms in total. The lowest BCUT2D eigenvalue weighted by atomic mass is 10.1. The predicted octanol–water partition coefficient (Wildman–Crippen LogP) is -0.0517. The van der Waals surface area contributed by atoms with E-state index in [-0.39, 0.29) is 11.3 Å². The maximum atomic E-state index is 12.4. The molecule has 2 heterocycles. The van der Waals surface area contributed by atoms with Gasteiger partial charge in [0.05, 0.1) is 0 Å². The van der Waals surface area contributed by atoms with Gasteiger partial charge in [0.2, 0.25) is 0 Å². The number of aryl methyl sites for hydroxylation is 1. The molecule has 1 fully saturated rings. The van der Waals surface area contributed by atoms with Crippen molar-refractivity contribution in [2.45, 2.75) is 13.8 Å². The molecular weight excluding hydrogens is 246 g/mol. The number of aromatic hydroxyl groups is 1. The second-order valence-corrected chi connectivity index (χ2v) is 4.98. The Morgan fingerprint density at radius 1 is 1.26 bits per heavy atom. The summed E-state index contributed by atoms with van der Waals surface area (Å²) in [6.07, 6.45) is 0. The van der Waals surface area contributed by atoms with Gasteiger partial charge < -0.3 is 15.0 Å². The summed E-state index contributed by atoms with van der Waals surface area (Å²) in [6, 6.07) is 1.47. The van der Waals surface area contributed by atoms with E-state index < -0.39 is 11.3 Å². The summed E-state index contributed by atoms with van der Waals surface area (Å²) in [7, 11) is 2.03. The number of hydrogen-bond donors (Lipinski definition) is 1. The molecule has 1 aliphatic rings. The monoisotopic (exact) mass is 265 g/mol. The van der Waals surface area contributed by atoms with Gasteiger partial charge in [0.25, 0.3) is 5.56 Å². The summed E-state index contributed by atoms with van der Waals surface area (Å²) >= 11 is 0. The first-order valence-electron chi connectivity index (χ1n) is 6.32. The Bertz CT molecular complexity index is 557. The number of likely N-dealkylation sites (N-methyl/N-ethyl adjacent to an activating group) is 1. The number of pyridine rings is 1. The van der Waals surface area contributed by atoms with E-state index in [9.17, 15) is 14.7 Å². The molecule has 1 aromatic rings. The Labute approximate surface area is 111 Å². The molecule has 0 amide bonds. The Balaban J connectivity index is 2.49. The molecule has 104 valence electrons. The van der Waals surface area contributed by atoms with Crippen LogP contribution in [0.15, 0.2) is 10.9 Å². The van der Waals surface area contributed by atoms with Crippen LogP contribution in [0.2, 0.25) is 0 Å². The maximum Gasteiger partial charge on any atom is 0.283 e. The van der Waals surface area contributed by atoms with Crippen molar-refractivity contribution in [1.82, 2.24) is 9.58 Å². The van der Waals surface area contributed by atoms with Gasteiger partial charge in [0, 0.05) is 37.9 Å². The molecule has 0 radical (unpaired) electrons. The molecule has 1 aromatic heterocycles. The summed E-state index contributed by atoms with van der Waals surface area (Å²) < 4.78 is 1.50. The number of carbonyl (C=O) groups excluding carboxylic acids is 1. The van der Waals surface area contributed by atoms with Crippen LogP contribution in [-0.2, 0) is 0 Å². The first-order valence-corrected chi connectivity index (χ1v) is 6.32. The third-order valence-electron chi connectivity index (χ3n) is 3.46.